The van der Waals surface area contributed by atoms with Crippen LogP contribution in [0.15, 0.2) is 65.6 Å². The molecule has 0 aliphatic heterocycles. The van der Waals surface area contributed by atoms with Gasteiger partial charge in [-0.3, -0.25) is 4.79 Å². The van der Waals surface area contributed by atoms with Gasteiger partial charge in [-0.2, -0.15) is 0 Å². The Labute approximate surface area is 153 Å². The lowest BCUT2D eigenvalue weighted by Gasteiger charge is -2.12. The topological polar surface area (TPSA) is 29.1 Å². The van der Waals surface area contributed by atoms with Gasteiger partial charge in [-0.25, -0.2) is 0 Å². The van der Waals surface area contributed by atoms with E-state index in [0.29, 0.717) is 6.54 Å². The van der Waals surface area contributed by atoms with E-state index in [1.165, 1.54) is 32.4 Å². The Bertz CT molecular complexity index is 874. The molecule has 0 aromatic heterocycles. The van der Waals surface area contributed by atoms with E-state index in [9.17, 15) is 4.79 Å². The predicted molar refractivity (Wildman–Crippen MR) is 107 cm³/mol. The van der Waals surface area contributed by atoms with Gasteiger partial charge in [-0.05, 0) is 58.7 Å². The third kappa shape index (κ3) is 4.64. The van der Waals surface area contributed by atoms with Gasteiger partial charge in [0.25, 0.3) is 0 Å². The Morgan fingerprint density at radius 2 is 1.80 bits per heavy atom. The molecule has 3 heteroatoms. The molecule has 3 rings (SSSR count). The standard InChI is InChI=1S/C22H23NOS/c1-16(24)23-11-10-20-14-18(12-17-6-4-3-5-7-17)13-19-8-9-21(25-2)15-22(19)20/h3-9,13-15H,10-12H2,1-2H3,(H,23,24). The van der Waals surface area contributed by atoms with Crippen LogP contribution in [0.4, 0.5) is 0 Å². The summed E-state index contributed by atoms with van der Waals surface area (Å²) in [5.74, 6) is 0.0227. The van der Waals surface area contributed by atoms with Gasteiger partial charge < -0.3 is 5.32 Å². The third-order valence-corrected chi connectivity index (χ3v) is 5.05. The van der Waals surface area contributed by atoms with Gasteiger partial charge in [-0.1, -0.05) is 48.5 Å². The molecule has 3 aromatic carbocycles. The van der Waals surface area contributed by atoms with Gasteiger partial charge in [0, 0.05) is 18.4 Å². The molecule has 0 radical (unpaired) electrons. The summed E-state index contributed by atoms with van der Waals surface area (Å²) in [7, 11) is 0. The van der Waals surface area contributed by atoms with Crippen molar-refractivity contribution in [1.29, 1.82) is 0 Å². The van der Waals surface area contributed by atoms with Crippen LogP contribution in [-0.2, 0) is 17.6 Å². The van der Waals surface area contributed by atoms with Crippen molar-refractivity contribution in [3.63, 3.8) is 0 Å². The average Bonchev–Trinajstić information content (AvgIpc) is 2.62. The Hall–Kier alpha value is -2.26. The summed E-state index contributed by atoms with van der Waals surface area (Å²) >= 11 is 1.76. The molecule has 0 saturated heterocycles. The van der Waals surface area contributed by atoms with Gasteiger partial charge in [0.1, 0.15) is 0 Å². The molecule has 1 N–H and O–H groups in total. The summed E-state index contributed by atoms with van der Waals surface area (Å²) in [6.45, 7) is 2.23. The smallest absolute Gasteiger partial charge is 0.216 e. The fourth-order valence-corrected chi connectivity index (χ4v) is 3.56. The summed E-state index contributed by atoms with van der Waals surface area (Å²) in [5.41, 5.74) is 3.93. The molecule has 25 heavy (non-hydrogen) atoms. The fraction of sp³-hybridized carbons (Fsp3) is 0.227. The van der Waals surface area contributed by atoms with Gasteiger partial charge in [-0.15, -0.1) is 11.8 Å². The van der Waals surface area contributed by atoms with E-state index in [4.69, 9.17) is 0 Å². The number of amides is 1. The minimum Gasteiger partial charge on any atom is -0.356 e. The van der Waals surface area contributed by atoms with E-state index in [1.807, 2.05) is 6.07 Å². The SMILES string of the molecule is CSc1ccc2cc(Cc3ccccc3)cc(CCNC(C)=O)c2c1. The maximum atomic E-state index is 11.2. The molecule has 0 bridgehead atoms. The van der Waals surface area contributed by atoms with Crippen LogP contribution in [0.2, 0.25) is 0 Å². The highest BCUT2D eigenvalue weighted by Gasteiger charge is 2.07. The minimum absolute atomic E-state index is 0.0227. The maximum absolute atomic E-state index is 11.2. The zero-order valence-electron chi connectivity index (χ0n) is 14.7. The number of thioether (sulfide) groups is 1. The summed E-state index contributed by atoms with van der Waals surface area (Å²) < 4.78 is 0. The van der Waals surface area contributed by atoms with Crippen molar-refractivity contribution in [3.05, 3.63) is 77.4 Å². The molecule has 0 atom stereocenters. The summed E-state index contributed by atoms with van der Waals surface area (Å²) in [5, 5.41) is 5.47. The van der Waals surface area contributed by atoms with Gasteiger partial charge in [0.2, 0.25) is 5.91 Å². The predicted octanol–water partition coefficient (Wildman–Crippen LogP) is 4.83. The number of benzene rings is 3. The first kappa shape index (κ1) is 17.6. The highest BCUT2D eigenvalue weighted by atomic mass is 32.2. The van der Waals surface area contributed by atoms with Crippen molar-refractivity contribution in [2.45, 2.75) is 24.7 Å². The molecule has 0 heterocycles. The van der Waals surface area contributed by atoms with E-state index < -0.39 is 0 Å². The summed E-state index contributed by atoms with van der Waals surface area (Å²) in [6.07, 6.45) is 3.87. The van der Waals surface area contributed by atoms with Crippen LogP contribution in [0, 0.1) is 0 Å². The molecule has 0 aliphatic rings. The van der Waals surface area contributed by atoms with Crippen LogP contribution in [0.5, 0.6) is 0 Å². The zero-order chi connectivity index (χ0) is 17.6. The molecule has 0 aliphatic carbocycles. The van der Waals surface area contributed by atoms with Crippen LogP contribution in [0.1, 0.15) is 23.6 Å². The minimum atomic E-state index is 0.0227. The number of rotatable bonds is 6. The van der Waals surface area contributed by atoms with E-state index in [1.54, 1.807) is 18.7 Å². The van der Waals surface area contributed by atoms with Crippen LogP contribution in [-0.4, -0.2) is 18.7 Å². The second-order valence-electron chi connectivity index (χ2n) is 6.24. The van der Waals surface area contributed by atoms with E-state index in [0.717, 1.165) is 12.8 Å². The monoisotopic (exact) mass is 349 g/mol. The maximum Gasteiger partial charge on any atom is 0.216 e. The largest absolute Gasteiger partial charge is 0.356 e. The van der Waals surface area contributed by atoms with Crippen molar-refractivity contribution in [1.82, 2.24) is 5.32 Å². The Kier molecular flexibility index (Phi) is 5.77. The van der Waals surface area contributed by atoms with Gasteiger partial charge >= 0.3 is 0 Å². The number of fused-ring (bicyclic) bond motifs is 1. The van der Waals surface area contributed by atoms with Crippen LogP contribution >= 0.6 is 11.8 Å². The Balaban J connectivity index is 1.96. The van der Waals surface area contributed by atoms with Crippen molar-refractivity contribution >= 4 is 28.4 Å². The number of nitrogens with one attached hydrogen (secondary N) is 1. The third-order valence-electron chi connectivity index (χ3n) is 4.33. The van der Waals surface area contributed by atoms with Crippen LogP contribution in [0.25, 0.3) is 10.8 Å². The van der Waals surface area contributed by atoms with E-state index in [-0.39, 0.29) is 5.91 Å². The number of hydrogen-bond donors (Lipinski definition) is 1. The molecule has 3 aromatic rings. The van der Waals surface area contributed by atoms with Crippen LogP contribution < -0.4 is 5.32 Å². The van der Waals surface area contributed by atoms with Gasteiger partial charge in [0.05, 0.1) is 0 Å². The number of hydrogen-bond acceptors (Lipinski definition) is 2. The molecular weight excluding hydrogens is 326 g/mol. The average molecular weight is 349 g/mol. The highest BCUT2D eigenvalue weighted by Crippen LogP contribution is 2.27. The molecule has 0 unspecified atom stereocenters. The van der Waals surface area contributed by atoms with Crippen molar-refractivity contribution < 1.29 is 4.79 Å². The fourth-order valence-electron chi connectivity index (χ4n) is 3.12. The molecule has 128 valence electrons. The molecular formula is C22H23NOS. The summed E-state index contributed by atoms with van der Waals surface area (Å²) in [4.78, 5) is 12.5. The second kappa shape index (κ2) is 8.21. The Morgan fingerprint density at radius 3 is 2.52 bits per heavy atom. The zero-order valence-corrected chi connectivity index (χ0v) is 15.5. The molecule has 1 amide bonds. The summed E-state index contributed by atoms with van der Waals surface area (Å²) in [6, 6.07) is 21.8. The first-order chi connectivity index (χ1) is 12.2. The van der Waals surface area contributed by atoms with Crippen molar-refractivity contribution in [2.24, 2.45) is 0 Å². The molecule has 0 saturated carbocycles. The van der Waals surface area contributed by atoms with Gasteiger partial charge in [0.15, 0.2) is 0 Å². The lowest BCUT2D eigenvalue weighted by atomic mass is 9.95. The second-order valence-corrected chi connectivity index (χ2v) is 7.12. The van der Waals surface area contributed by atoms with Crippen molar-refractivity contribution in [2.75, 3.05) is 12.8 Å². The first-order valence-corrected chi connectivity index (χ1v) is 9.76. The molecule has 2 nitrogen and oxygen atoms in total. The van der Waals surface area contributed by atoms with Crippen LogP contribution in [0.3, 0.4) is 0 Å². The quantitative estimate of drug-likeness (QED) is 0.646. The highest BCUT2D eigenvalue weighted by molar-refractivity contribution is 7.98. The van der Waals surface area contributed by atoms with E-state index in [2.05, 4.69) is 66.2 Å². The lowest BCUT2D eigenvalue weighted by molar-refractivity contribution is -0.118. The van der Waals surface area contributed by atoms with Crippen molar-refractivity contribution in [3.8, 4) is 0 Å². The normalized spacial score (nSPS) is 10.8. The lowest BCUT2D eigenvalue weighted by Crippen LogP contribution is -2.22. The van der Waals surface area contributed by atoms with E-state index >= 15 is 0 Å². The molecule has 0 spiro atoms. The Morgan fingerprint density at radius 1 is 1.00 bits per heavy atom. The number of carbonyl (C=O) groups excluding carboxylic acids is 1. The molecule has 0 fully saturated rings. The first-order valence-electron chi connectivity index (χ1n) is 8.53. The number of carbonyl (C=O) groups is 1.